The normalized spacial score (nSPS) is 12.2. The summed E-state index contributed by atoms with van der Waals surface area (Å²) in [6.07, 6.45) is 0.580. The largest absolute Gasteiger partial charge is 0.396 e. The monoisotopic (exact) mass is 221 g/mol. The molecule has 1 unspecified atom stereocenters. The molecule has 3 heteroatoms. The van der Waals surface area contributed by atoms with Crippen molar-refractivity contribution in [2.75, 3.05) is 6.61 Å². The third kappa shape index (κ3) is 3.07. The zero-order chi connectivity index (χ0) is 12.1. The van der Waals surface area contributed by atoms with Gasteiger partial charge in [-0.15, -0.1) is 0 Å². The predicted octanol–water partition coefficient (Wildman–Crippen LogP) is 1.80. The molecule has 0 heterocycles. The van der Waals surface area contributed by atoms with Crippen LogP contribution in [0.3, 0.4) is 0 Å². The van der Waals surface area contributed by atoms with Crippen LogP contribution < -0.4 is 5.32 Å². The van der Waals surface area contributed by atoms with Crippen LogP contribution >= 0.6 is 0 Å². The van der Waals surface area contributed by atoms with Gasteiger partial charge in [0.1, 0.15) is 0 Å². The minimum atomic E-state index is -0.0675. The van der Waals surface area contributed by atoms with Crippen molar-refractivity contribution in [3.8, 4) is 0 Å². The van der Waals surface area contributed by atoms with E-state index in [1.54, 1.807) is 0 Å². The molecule has 0 aliphatic heterocycles. The van der Waals surface area contributed by atoms with E-state index in [0.717, 1.165) is 11.1 Å². The van der Waals surface area contributed by atoms with Crippen molar-refractivity contribution in [1.82, 2.24) is 5.32 Å². The van der Waals surface area contributed by atoms with Gasteiger partial charge in [0.15, 0.2) is 0 Å². The molecule has 1 aromatic rings. The molecule has 0 saturated carbocycles. The van der Waals surface area contributed by atoms with Crippen molar-refractivity contribution >= 4 is 5.91 Å². The zero-order valence-electron chi connectivity index (χ0n) is 10.1. The van der Waals surface area contributed by atoms with E-state index in [4.69, 9.17) is 5.11 Å². The standard InChI is InChI=1S/C13H19NO2/c1-9-5-4-6-12(11(9)3)13(16)14-10(2)7-8-15/h4-6,10,15H,7-8H2,1-3H3,(H,14,16). The van der Waals surface area contributed by atoms with Crippen LogP contribution in [0.5, 0.6) is 0 Å². The highest BCUT2D eigenvalue weighted by Crippen LogP contribution is 2.12. The Morgan fingerprint density at radius 1 is 1.44 bits per heavy atom. The average Bonchev–Trinajstić information content (AvgIpc) is 2.22. The smallest absolute Gasteiger partial charge is 0.251 e. The van der Waals surface area contributed by atoms with Gasteiger partial charge in [-0.05, 0) is 44.4 Å². The van der Waals surface area contributed by atoms with Crippen molar-refractivity contribution in [3.05, 3.63) is 34.9 Å². The van der Waals surface area contributed by atoms with Crippen LogP contribution in [0.1, 0.15) is 34.8 Å². The maximum absolute atomic E-state index is 11.9. The first-order chi connectivity index (χ1) is 7.56. The highest BCUT2D eigenvalue weighted by molar-refractivity contribution is 5.96. The highest BCUT2D eigenvalue weighted by Gasteiger charge is 2.12. The Morgan fingerprint density at radius 2 is 2.12 bits per heavy atom. The Bertz CT molecular complexity index is 374. The molecule has 2 N–H and O–H groups in total. The summed E-state index contributed by atoms with van der Waals surface area (Å²) >= 11 is 0. The van der Waals surface area contributed by atoms with Crippen molar-refractivity contribution in [3.63, 3.8) is 0 Å². The van der Waals surface area contributed by atoms with Crippen LogP contribution in [0.2, 0.25) is 0 Å². The Kier molecular flexibility index (Phi) is 4.50. The summed E-state index contributed by atoms with van der Waals surface area (Å²) in [6, 6.07) is 5.69. The number of aliphatic hydroxyl groups excluding tert-OH is 1. The topological polar surface area (TPSA) is 49.3 Å². The van der Waals surface area contributed by atoms with E-state index in [2.05, 4.69) is 5.32 Å². The molecular formula is C13H19NO2. The van der Waals surface area contributed by atoms with E-state index in [1.165, 1.54) is 0 Å². The maximum Gasteiger partial charge on any atom is 0.251 e. The third-order valence-corrected chi connectivity index (χ3v) is 2.79. The van der Waals surface area contributed by atoms with E-state index in [1.807, 2.05) is 39.0 Å². The summed E-state index contributed by atoms with van der Waals surface area (Å²) in [7, 11) is 0. The van der Waals surface area contributed by atoms with Crippen LogP contribution in [0.25, 0.3) is 0 Å². The Labute approximate surface area is 96.5 Å². The lowest BCUT2D eigenvalue weighted by Gasteiger charge is -2.14. The molecule has 1 atom stereocenters. The molecule has 88 valence electrons. The van der Waals surface area contributed by atoms with E-state index in [-0.39, 0.29) is 18.6 Å². The molecule has 0 aliphatic rings. The molecule has 0 spiro atoms. The average molecular weight is 221 g/mol. The molecule has 1 rings (SSSR count). The minimum Gasteiger partial charge on any atom is -0.396 e. The number of amides is 1. The second-order valence-corrected chi connectivity index (χ2v) is 4.13. The second kappa shape index (κ2) is 5.66. The van der Waals surface area contributed by atoms with Gasteiger partial charge in [0.2, 0.25) is 0 Å². The van der Waals surface area contributed by atoms with Gasteiger partial charge < -0.3 is 10.4 Å². The van der Waals surface area contributed by atoms with Gasteiger partial charge in [-0.2, -0.15) is 0 Å². The Hall–Kier alpha value is -1.35. The van der Waals surface area contributed by atoms with Crippen molar-refractivity contribution in [2.45, 2.75) is 33.2 Å². The van der Waals surface area contributed by atoms with E-state index in [9.17, 15) is 4.79 Å². The highest BCUT2D eigenvalue weighted by atomic mass is 16.3. The van der Waals surface area contributed by atoms with Gasteiger partial charge in [0.25, 0.3) is 5.91 Å². The number of rotatable bonds is 4. The molecule has 0 aliphatic carbocycles. The van der Waals surface area contributed by atoms with Crippen LogP contribution in [-0.4, -0.2) is 23.7 Å². The van der Waals surface area contributed by atoms with Gasteiger partial charge in [-0.1, -0.05) is 12.1 Å². The second-order valence-electron chi connectivity index (χ2n) is 4.13. The summed E-state index contributed by atoms with van der Waals surface area (Å²) in [5.74, 6) is -0.0675. The van der Waals surface area contributed by atoms with Crippen LogP contribution in [0.4, 0.5) is 0 Å². The molecule has 0 bridgehead atoms. The van der Waals surface area contributed by atoms with E-state index < -0.39 is 0 Å². The van der Waals surface area contributed by atoms with Gasteiger partial charge in [-0.25, -0.2) is 0 Å². The van der Waals surface area contributed by atoms with Gasteiger partial charge in [-0.3, -0.25) is 4.79 Å². The summed E-state index contributed by atoms with van der Waals surface area (Å²) in [5.41, 5.74) is 2.84. The Balaban J connectivity index is 2.77. The minimum absolute atomic E-state index is 0.00240. The SMILES string of the molecule is Cc1cccc(C(=O)NC(C)CCO)c1C. The first kappa shape index (κ1) is 12.7. The first-order valence-corrected chi connectivity index (χ1v) is 5.54. The molecule has 0 radical (unpaired) electrons. The molecule has 0 aromatic heterocycles. The van der Waals surface area contributed by atoms with Crippen molar-refractivity contribution in [2.24, 2.45) is 0 Å². The number of benzene rings is 1. The van der Waals surface area contributed by atoms with Gasteiger partial charge >= 0.3 is 0 Å². The fourth-order valence-electron chi connectivity index (χ4n) is 1.56. The molecule has 1 amide bonds. The first-order valence-electron chi connectivity index (χ1n) is 5.54. The van der Waals surface area contributed by atoms with Crippen molar-refractivity contribution in [1.29, 1.82) is 0 Å². The lowest BCUT2D eigenvalue weighted by molar-refractivity contribution is 0.0933. The molecule has 3 nitrogen and oxygen atoms in total. The number of nitrogens with one attached hydrogen (secondary N) is 1. The van der Waals surface area contributed by atoms with E-state index in [0.29, 0.717) is 12.0 Å². The number of hydrogen-bond acceptors (Lipinski definition) is 2. The van der Waals surface area contributed by atoms with Crippen LogP contribution in [0, 0.1) is 13.8 Å². The number of aryl methyl sites for hydroxylation is 1. The quantitative estimate of drug-likeness (QED) is 0.814. The summed E-state index contributed by atoms with van der Waals surface area (Å²) < 4.78 is 0. The van der Waals surface area contributed by atoms with Crippen molar-refractivity contribution < 1.29 is 9.90 Å². The molecule has 0 saturated heterocycles. The van der Waals surface area contributed by atoms with E-state index >= 15 is 0 Å². The van der Waals surface area contributed by atoms with Gasteiger partial charge in [0.05, 0.1) is 0 Å². The molecule has 16 heavy (non-hydrogen) atoms. The fourth-order valence-corrected chi connectivity index (χ4v) is 1.56. The fraction of sp³-hybridized carbons (Fsp3) is 0.462. The lowest BCUT2D eigenvalue weighted by Crippen LogP contribution is -2.33. The lowest BCUT2D eigenvalue weighted by atomic mass is 10.0. The summed E-state index contributed by atoms with van der Waals surface area (Å²) in [5, 5.41) is 11.6. The third-order valence-electron chi connectivity index (χ3n) is 2.79. The maximum atomic E-state index is 11.9. The number of carbonyl (C=O) groups excluding carboxylic acids is 1. The molecule has 1 aromatic carbocycles. The van der Waals surface area contributed by atoms with Gasteiger partial charge in [0, 0.05) is 18.2 Å². The summed E-state index contributed by atoms with van der Waals surface area (Å²) in [4.78, 5) is 11.9. The number of aliphatic hydroxyl groups is 1. The van der Waals surface area contributed by atoms with Crippen LogP contribution in [-0.2, 0) is 0 Å². The predicted molar refractivity (Wildman–Crippen MR) is 64.5 cm³/mol. The Morgan fingerprint density at radius 3 is 2.75 bits per heavy atom. The number of carbonyl (C=O) groups is 1. The molecule has 0 fully saturated rings. The van der Waals surface area contributed by atoms with Crippen LogP contribution in [0.15, 0.2) is 18.2 Å². The molecular weight excluding hydrogens is 202 g/mol. The summed E-state index contributed by atoms with van der Waals surface area (Å²) in [6.45, 7) is 5.91. The number of hydrogen-bond donors (Lipinski definition) is 2. The zero-order valence-corrected chi connectivity index (χ0v) is 10.1.